The van der Waals surface area contributed by atoms with E-state index in [4.69, 9.17) is 10.9 Å². The van der Waals surface area contributed by atoms with Crippen LogP contribution in [0.1, 0.15) is 45.6 Å². The highest BCUT2D eigenvalue weighted by atomic mass is 16.4. The molecule has 1 rings (SSSR count). The zero-order valence-electron chi connectivity index (χ0n) is 12.1. The fourth-order valence-corrected chi connectivity index (χ4v) is 2.18. The number of para-hydroxylation sites is 1. The van der Waals surface area contributed by atoms with Gasteiger partial charge in [0.2, 0.25) is 0 Å². The normalized spacial score (nSPS) is 11.9. The summed E-state index contributed by atoms with van der Waals surface area (Å²) in [5.41, 5.74) is 7.58. The molecule has 1 aromatic carbocycles. The lowest BCUT2D eigenvalue weighted by Gasteiger charge is -2.30. The van der Waals surface area contributed by atoms with Gasteiger partial charge in [0.15, 0.2) is 5.84 Å². The van der Waals surface area contributed by atoms with Gasteiger partial charge in [0.05, 0.1) is 0 Å². The molecule has 0 fully saturated rings. The van der Waals surface area contributed by atoms with E-state index in [0.29, 0.717) is 6.04 Å². The molecule has 0 aromatic heterocycles. The maximum absolute atomic E-state index is 8.89. The molecular weight excluding hydrogens is 238 g/mol. The van der Waals surface area contributed by atoms with E-state index in [9.17, 15) is 0 Å². The summed E-state index contributed by atoms with van der Waals surface area (Å²) in [6.45, 7) is 7.51. The van der Waals surface area contributed by atoms with Crippen LogP contribution in [-0.4, -0.2) is 23.6 Å². The fourth-order valence-electron chi connectivity index (χ4n) is 2.18. The molecule has 0 amide bonds. The molecule has 3 N–H and O–H groups in total. The lowest BCUT2D eigenvalue weighted by molar-refractivity contribution is 0.318. The standard InChI is InChI=1S/C15H25N3O/c1-4-5-8-11-18(12(2)3)14-10-7-6-9-13(14)15(16)17-19/h6-7,9-10,12,19H,4-5,8,11H2,1-3H3,(H2,16,17). The van der Waals surface area contributed by atoms with E-state index >= 15 is 0 Å². The molecule has 4 nitrogen and oxygen atoms in total. The molecule has 0 spiro atoms. The third-order valence-corrected chi connectivity index (χ3v) is 3.22. The summed E-state index contributed by atoms with van der Waals surface area (Å²) < 4.78 is 0. The average Bonchev–Trinajstić information content (AvgIpc) is 2.42. The topological polar surface area (TPSA) is 61.8 Å². The van der Waals surface area contributed by atoms with Crippen molar-refractivity contribution in [1.29, 1.82) is 0 Å². The fraction of sp³-hybridized carbons (Fsp3) is 0.533. The second kappa shape index (κ2) is 7.67. The Kier molecular flexibility index (Phi) is 6.19. The van der Waals surface area contributed by atoms with Crippen molar-refractivity contribution in [2.75, 3.05) is 11.4 Å². The summed E-state index contributed by atoms with van der Waals surface area (Å²) in [4.78, 5) is 2.31. The van der Waals surface area contributed by atoms with Gasteiger partial charge in [-0.1, -0.05) is 37.1 Å². The van der Waals surface area contributed by atoms with Gasteiger partial charge in [0.1, 0.15) is 0 Å². The van der Waals surface area contributed by atoms with Crippen molar-refractivity contribution >= 4 is 11.5 Å². The molecule has 19 heavy (non-hydrogen) atoms. The largest absolute Gasteiger partial charge is 0.409 e. The molecule has 0 aliphatic rings. The van der Waals surface area contributed by atoms with Crippen LogP contribution in [0.2, 0.25) is 0 Å². The number of amidine groups is 1. The van der Waals surface area contributed by atoms with E-state index in [0.717, 1.165) is 24.2 Å². The summed E-state index contributed by atoms with van der Waals surface area (Å²) >= 11 is 0. The number of anilines is 1. The molecule has 0 atom stereocenters. The summed E-state index contributed by atoms with van der Waals surface area (Å²) in [7, 11) is 0. The van der Waals surface area contributed by atoms with E-state index < -0.39 is 0 Å². The van der Waals surface area contributed by atoms with Gasteiger partial charge in [-0.05, 0) is 32.4 Å². The third kappa shape index (κ3) is 4.16. The Hall–Kier alpha value is -1.71. The lowest BCUT2D eigenvalue weighted by atomic mass is 10.1. The smallest absolute Gasteiger partial charge is 0.172 e. The lowest BCUT2D eigenvalue weighted by Crippen LogP contribution is -2.33. The number of nitrogens with two attached hydrogens (primary N) is 1. The quantitative estimate of drug-likeness (QED) is 0.261. The molecule has 0 bridgehead atoms. The van der Waals surface area contributed by atoms with Gasteiger partial charge in [-0.25, -0.2) is 0 Å². The van der Waals surface area contributed by atoms with Crippen LogP contribution in [0.15, 0.2) is 29.4 Å². The van der Waals surface area contributed by atoms with E-state index in [1.165, 1.54) is 12.8 Å². The van der Waals surface area contributed by atoms with E-state index in [2.05, 4.69) is 30.8 Å². The van der Waals surface area contributed by atoms with Gasteiger partial charge in [-0.2, -0.15) is 0 Å². The predicted molar refractivity (Wildman–Crippen MR) is 81.0 cm³/mol. The van der Waals surface area contributed by atoms with Crippen LogP contribution in [0.5, 0.6) is 0 Å². The highest BCUT2D eigenvalue weighted by Crippen LogP contribution is 2.23. The van der Waals surface area contributed by atoms with Gasteiger partial charge in [-0.15, -0.1) is 0 Å². The van der Waals surface area contributed by atoms with Crippen molar-refractivity contribution in [2.24, 2.45) is 10.9 Å². The van der Waals surface area contributed by atoms with Crippen molar-refractivity contribution in [3.05, 3.63) is 29.8 Å². The molecule has 106 valence electrons. The molecule has 1 aromatic rings. The van der Waals surface area contributed by atoms with E-state index in [-0.39, 0.29) is 5.84 Å². The minimum atomic E-state index is 0.164. The zero-order chi connectivity index (χ0) is 14.3. The number of nitrogens with zero attached hydrogens (tertiary/aromatic N) is 2. The number of rotatable bonds is 7. The Morgan fingerprint density at radius 1 is 1.32 bits per heavy atom. The number of benzene rings is 1. The molecule has 0 aliphatic heterocycles. The van der Waals surface area contributed by atoms with Gasteiger partial charge in [-0.3, -0.25) is 0 Å². The zero-order valence-corrected chi connectivity index (χ0v) is 12.1. The van der Waals surface area contributed by atoms with Gasteiger partial charge in [0, 0.05) is 23.8 Å². The molecule has 4 heteroatoms. The Morgan fingerprint density at radius 2 is 2.00 bits per heavy atom. The van der Waals surface area contributed by atoms with Gasteiger partial charge < -0.3 is 15.8 Å². The van der Waals surface area contributed by atoms with Crippen molar-refractivity contribution in [2.45, 2.75) is 46.1 Å². The SMILES string of the molecule is CCCCCN(c1ccccc1/C(N)=N/O)C(C)C. The summed E-state index contributed by atoms with van der Waals surface area (Å²) in [6, 6.07) is 8.18. The van der Waals surface area contributed by atoms with Crippen LogP contribution in [0, 0.1) is 0 Å². The molecule has 0 radical (unpaired) electrons. The average molecular weight is 263 g/mol. The first-order valence-corrected chi connectivity index (χ1v) is 6.95. The Bertz CT molecular complexity index is 416. The van der Waals surface area contributed by atoms with Crippen LogP contribution in [0.3, 0.4) is 0 Å². The first-order valence-electron chi connectivity index (χ1n) is 6.95. The molecule has 0 saturated heterocycles. The maximum atomic E-state index is 8.89. The molecular formula is C15H25N3O. The summed E-state index contributed by atoms with van der Waals surface area (Å²) in [6.07, 6.45) is 3.57. The second-order valence-electron chi connectivity index (χ2n) is 5.00. The van der Waals surface area contributed by atoms with Crippen LogP contribution in [0.25, 0.3) is 0 Å². The second-order valence-corrected chi connectivity index (χ2v) is 5.00. The first-order chi connectivity index (χ1) is 9.11. The summed E-state index contributed by atoms with van der Waals surface area (Å²) in [5.74, 6) is 0.164. The molecule has 0 unspecified atom stereocenters. The number of hydrogen-bond acceptors (Lipinski definition) is 3. The van der Waals surface area contributed by atoms with Crippen LogP contribution >= 0.6 is 0 Å². The van der Waals surface area contributed by atoms with Gasteiger partial charge in [0.25, 0.3) is 0 Å². The minimum Gasteiger partial charge on any atom is -0.409 e. The highest BCUT2D eigenvalue weighted by Gasteiger charge is 2.15. The summed E-state index contributed by atoms with van der Waals surface area (Å²) in [5, 5.41) is 12.0. The molecule has 0 saturated carbocycles. The van der Waals surface area contributed by atoms with E-state index in [1.54, 1.807) is 0 Å². The predicted octanol–water partition coefficient (Wildman–Crippen LogP) is 3.19. The number of oxime groups is 1. The third-order valence-electron chi connectivity index (χ3n) is 3.22. The Labute approximate surface area is 115 Å². The number of unbranched alkanes of at least 4 members (excludes halogenated alkanes) is 2. The van der Waals surface area contributed by atoms with Crippen LogP contribution in [-0.2, 0) is 0 Å². The van der Waals surface area contributed by atoms with Crippen LogP contribution in [0.4, 0.5) is 5.69 Å². The molecule has 0 aliphatic carbocycles. The first kappa shape index (κ1) is 15.3. The number of hydrogen-bond donors (Lipinski definition) is 2. The van der Waals surface area contributed by atoms with E-state index in [1.807, 2.05) is 24.3 Å². The van der Waals surface area contributed by atoms with Crippen molar-refractivity contribution < 1.29 is 5.21 Å². The Morgan fingerprint density at radius 3 is 2.58 bits per heavy atom. The minimum absolute atomic E-state index is 0.164. The van der Waals surface area contributed by atoms with Crippen molar-refractivity contribution in [1.82, 2.24) is 0 Å². The maximum Gasteiger partial charge on any atom is 0.172 e. The molecule has 0 heterocycles. The monoisotopic (exact) mass is 263 g/mol. The van der Waals surface area contributed by atoms with Gasteiger partial charge >= 0.3 is 0 Å². The van der Waals surface area contributed by atoms with Crippen molar-refractivity contribution in [3.8, 4) is 0 Å². The van der Waals surface area contributed by atoms with Crippen molar-refractivity contribution in [3.63, 3.8) is 0 Å². The van der Waals surface area contributed by atoms with Crippen LogP contribution < -0.4 is 10.6 Å². The highest BCUT2D eigenvalue weighted by molar-refractivity contribution is 6.02. The Balaban J connectivity index is 3.02.